The Kier molecular flexibility index (Phi) is 2.37. The molecule has 0 spiro atoms. The lowest BCUT2D eigenvalue weighted by Crippen LogP contribution is -2.46. The minimum Gasteiger partial charge on any atom is -0.388 e. The lowest BCUT2D eigenvalue weighted by Gasteiger charge is -2.37. The van der Waals surface area contributed by atoms with Gasteiger partial charge < -0.3 is 10.8 Å². The van der Waals surface area contributed by atoms with Crippen molar-refractivity contribution in [2.45, 2.75) is 44.6 Å². The molecule has 4 unspecified atom stereocenters. The zero-order valence-electron chi connectivity index (χ0n) is 8.50. The summed E-state index contributed by atoms with van der Waals surface area (Å²) < 4.78 is 0. The van der Waals surface area contributed by atoms with Crippen LogP contribution in [0.1, 0.15) is 39.0 Å². The van der Waals surface area contributed by atoms with Gasteiger partial charge in [-0.25, -0.2) is 0 Å². The van der Waals surface area contributed by atoms with Crippen molar-refractivity contribution in [2.75, 3.05) is 6.54 Å². The fourth-order valence-corrected chi connectivity index (χ4v) is 3.46. The highest BCUT2D eigenvalue weighted by atomic mass is 16.3. The van der Waals surface area contributed by atoms with E-state index in [1.165, 1.54) is 25.7 Å². The zero-order valence-corrected chi connectivity index (χ0v) is 8.50. The molecule has 0 aromatic carbocycles. The Labute approximate surface area is 80.5 Å². The summed E-state index contributed by atoms with van der Waals surface area (Å²) in [7, 11) is 0. The summed E-state index contributed by atoms with van der Waals surface area (Å²) in [6.07, 6.45) is 6.12. The van der Waals surface area contributed by atoms with Gasteiger partial charge in [0.25, 0.3) is 0 Å². The quantitative estimate of drug-likeness (QED) is 0.697. The average Bonchev–Trinajstić information content (AvgIpc) is 2.77. The number of rotatable bonds is 3. The number of hydrogen-bond acceptors (Lipinski definition) is 2. The van der Waals surface area contributed by atoms with Gasteiger partial charge in [-0.05, 0) is 43.4 Å². The van der Waals surface area contributed by atoms with Gasteiger partial charge in [0, 0.05) is 6.54 Å². The van der Waals surface area contributed by atoms with Crippen molar-refractivity contribution in [2.24, 2.45) is 23.5 Å². The molecule has 2 bridgehead atoms. The normalized spacial score (nSPS) is 42.2. The molecule has 2 rings (SSSR count). The molecular formula is C11H21NO. The van der Waals surface area contributed by atoms with Crippen LogP contribution < -0.4 is 5.73 Å². The van der Waals surface area contributed by atoms with Crippen LogP contribution in [0.2, 0.25) is 0 Å². The van der Waals surface area contributed by atoms with Crippen LogP contribution in [0.4, 0.5) is 0 Å². The maximum absolute atomic E-state index is 10.3. The summed E-state index contributed by atoms with van der Waals surface area (Å²) in [6, 6.07) is 0. The third-order valence-corrected chi connectivity index (χ3v) is 4.39. The molecule has 0 saturated heterocycles. The predicted molar refractivity (Wildman–Crippen MR) is 53.2 cm³/mol. The van der Waals surface area contributed by atoms with Crippen LogP contribution in [0.15, 0.2) is 0 Å². The fourth-order valence-electron chi connectivity index (χ4n) is 3.46. The zero-order chi connectivity index (χ0) is 9.47. The Hall–Kier alpha value is -0.0800. The van der Waals surface area contributed by atoms with Gasteiger partial charge in [-0.1, -0.05) is 13.3 Å². The van der Waals surface area contributed by atoms with Crippen molar-refractivity contribution in [1.82, 2.24) is 0 Å². The molecule has 2 aliphatic carbocycles. The van der Waals surface area contributed by atoms with Gasteiger partial charge in [-0.3, -0.25) is 0 Å². The molecule has 0 aromatic heterocycles. The molecule has 2 fully saturated rings. The van der Waals surface area contributed by atoms with Crippen molar-refractivity contribution in [3.8, 4) is 0 Å². The van der Waals surface area contributed by atoms with Crippen LogP contribution in [-0.4, -0.2) is 17.3 Å². The Bertz CT molecular complexity index is 189. The summed E-state index contributed by atoms with van der Waals surface area (Å²) in [6.45, 7) is 2.50. The largest absolute Gasteiger partial charge is 0.388 e. The van der Waals surface area contributed by atoms with Gasteiger partial charge in [0.15, 0.2) is 0 Å². The topological polar surface area (TPSA) is 46.2 Å². The van der Waals surface area contributed by atoms with E-state index in [9.17, 15) is 5.11 Å². The standard InChI is InChI=1S/C11H21NO/c1-2-11(13,7-12)10-6-8-3-4-9(10)5-8/h8-10,13H,2-7,12H2,1H3. The molecular weight excluding hydrogens is 162 g/mol. The average molecular weight is 183 g/mol. The van der Waals surface area contributed by atoms with E-state index in [2.05, 4.69) is 6.92 Å². The van der Waals surface area contributed by atoms with Gasteiger partial charge in [-0.15, -0.1) is 0 Å². The number of fused-ring (bicyclic) bond motifs is 2. The van der Waals surface area contributed by atoms with E-state index in [-0.39, 0.29) is 0 Å². The maximum atomic E-state index is 10.3. The van der Waals surface area contributed by atoms with E-state index < -0.39 is 5.60 Å². The molecule has 2 saturated carbocycles. The van der Waals surface area contributed by atoms with Crippen LogP contribution in [0.5, 0.6) is 0 Å². The Morgan fingerprint density at radius 2 is 2.15 bits per heavy atom. The van der Waals surface area contributed by atoms with Crippen LogP contribution in [0.25, 0.3) is 0 Å². The molecule has 2 aliphatic rings. The van der Waals surface area contributed by atoms with E-state index in [0.29, 0.717) is 12.5 Å². The van der Waals surface area contributed by atoms with Crippen molar-refractivity contribution in [3.63, 3.8) is 0 Å². The first-order valence-electron chi connectivity index (χ1n) is 5.62. The van der Waals surface area contributed by atoms with E-state index >= 15 is 0 Å². The first-order chi connectivity index (χ1) is 6.19. The molecule has 13 heavy (non-hydrogen) atoms. The van der Waals surface area contributed by atoms with Crippen molar-refractivity contribution >= 4 is 0 Å². The smallest absolute Gasteiger partial charge is 0.0797 e. The van der Waals surface area contributed by atoms with Crippen LogP contribution in [0, 0.1) is 17.8 Å². The summed E-state index contributed by atoms with van der Waals surface area (Å²) >= 11 is 0. The molecule has 0 aliphatic heterocycles. The lowest BCUT2D eigenvalue weighted by atomic mass is 9.75. The van der Waals surface area contributed by atoms with Gasteiger partial charge in [0.05, 0.1) is 5.60 Å². The SMILES string of the molecule is CCC(O)(CN)C1CC2CCC1C2. The monoisotopic (exact) mass is 183 g/mol. The minimum absolute atomic E-state index is 0.442. The number of hydrogen-bond donors (Lipinski definition) is 2. The van der Waals surface area contributed by atoms with E-state index in [0.717, 1.165) is 18.3 Å². The summed E-state index contributed by atoms with van der Waals surface area (Å²) in [5.41, 5.74) is 5.12. The summed E-state index contributed by atoms with van der Waals surface area (Å²) in [5, 5.41) is 10.3. The van der Waals surface area contributed by atoms with Crippen molar-refractivity contribution in [3.05, 3.63) is 0 Å². The Morgan fingerprint density at radius 3 is 2.54 bits per heavy atom. The Morgan fingerprint density at radius 1 is 1.38 bits per heavy atom. The summed E-state index contributed by atoms with van der Waals surface area (Å²) in [5.74, 6) is 2.18. The van der Waals surface area contributed by atoms with E-state index in [4.69, 9.17) is 5.73 Å². The maximum Gasteiger partial charge on any atom is 0.0797 e. The van der Waals surface area contributed by atoms with Gasteiger partial charge in [0.1, 0.15) is 0 Å². The van der Waals surface area contributed by atoms with E-state index in [1.807, 2.05) is 0 Å². The van der Waals surface area contributed by atoms with Crippen molar-refractivity contribution < 1.29 is 5.11 Å². The van der Waals surface area contributed by atoms with Crippen LogP contribution in [0.3, 0.4) is 0 Å². The molecule has 76 valence electrons. The molecule has 0 heterocycles. The predicted octanol–water partition coefficient (Wildman–Crippen LogP) is 1.52. The number of aliphatic hydroxyl groups is 1. The highest BCUT2D eigenvalue weighted by Gasteiger charge is 2.48. The lowest BCUT2D eigenvalue weighted by molar-refractivity contribution is -0.0358. The van der Waals surface area contributed by atoms with Crippen molar-refractivity contribution in [1.29, 1.82) is 0 Å². The molecule has 2 nitrogen and oxygen atoms in total. The van der Waals surface area contributed by atoms with Crippen LogP contribution >= 0.6 is 0 Å². The molecule has 2 heteroatoms. The van der Waals surface area contributed by atoms with E-state index in [1.54, 1.807) is 0 Å². The second-order valence-electron chi connectivity index (χ2n) is 4.94. The third kappa shape index (κ3) is 1.40. The second kappa shape index (κ2) is 3.25. The second-order valence-corrected chi connectivity index (χ2v) is 4.94. The fraction of sp³-hybridized carbons (Fsp3) is 1.00. The molecule has 0 aromatic rings. The highest BCUT2D eigenvalue weighted by Crippen LogP contribution is 2.52. The first-order valence-corrected chi connectivity index (χ1v) is 5.62. The number of nitrogens with two attached hydrogens (primary N) is 1. The molecule has 0 amide bonds. The minimum atomic E-state index is -0.556. The Balaban J connectivity index is 2.08. The van der Waals surface area contributed by atoms with Gasteiger partial charge in [0.2, 0.25) is 0 Å². The highest BCUT2D eigenvalue weighted by molar-refractivity contribution is 4.99. The third-order valence-electron chi connectivity index (χ3n) is 4.39. The van der Waals surface area contributed by atoms with Gasteiger partial charge in [-0.2, -0.15) is 0 Å². The summed E-state index contributed by atoms with van der Waals surface area (Å²) in [4.78, 5) is 0. The molecule has 0 radical (unpaired) electrons. The molecule has 3 N–H and O–H groups in total. The molecule has 4 atom stereocenters. The first kappa shape index (κ1) is 9.47. The van der Waals surface area contributed by atoms with Crippen LogP contribution in [-0.2, 0) is 0 Å². The van der Waals surface area contributed by atoms with Gasteiger partial charge >= 0.3 is 0 Å².